The van der Waals surface area contributed by atoms with E-state index in [0.29, 0.717) is 24.1 Å². The lowest BCUT2D eigenvalue weighted by Crippen LogP contribution is -2.33. The Hall–Kier alpha value is -0.790. The number of ether oxygens (including phenoxy) is 1. The van der Waals surface area contributed by atoms with Gasteiger partial charge in [-0.3, -0.25) is 4.99 Å². The number of nitrogens with zero attached hydrogens (tertiary/aromatic N) is 1. The molecule has 1 rings (SSSR count). The van der Waals surface area contributed by atoms with E-state index in [1.165, 1.54) is 0 Å². The molecule has 0 aliphatic carbocycles. The summed E-state index contributed by atoms with van der Waals surface area (Å²) >= 11 is 5.96. The monoisotopic (exact) mass is 409 g/mol. The van der Waals surface area contributed by atoms with Crippen molar-refractivity contribution in [3.8, 4) is 0 Å². The average Bonchev–Trinajstić information content (AvgIpc) is 2.37. The third-order valence-electron chi connectivity index (χ3n) is 2.50. The number of nitrogens with two attached hydrogens (primary N) is 1. The summed E-state index contributed by atoms with van der Waals surface area (Å²) in [6.45, 7) is 6.76. The van der Waals surface area contributed by atoms with Gasteiger partial charge in [0.1, 0.15) is 6.10 Å². The fourth-order valence-corrected chi connectivity index (χ4v) is 1.70. The van der Waals surface area contributed by atoms with Crippen LogP contribution in [0.25, 0.3) is 0 Å². The van der Waals surface area contributed by atoms with Gasteiger partial charge in [-0.25, -0.2) is 0 Å². The van der Waals surface area contributed by atoms with Gasteiger partial charge in [-0.15, -0.1) is 24.0 Å². The summed E-state index contributed by atoms with van der Waals surface area (Å²) < 4.78 is 5.40. The molecule has 112 valence electrons. The topological polar surface area (TPSA) is 59.6 Å². The quantitative estimate of drug-likeness (QED) is 0.328. The fraction of sp³-hybridized carbons (Fsp3) is 0.357. The van der Waals surface area contributed by atoms with Crippen LogP contribution in [0.2, 0.25) is 5.02 Å². The van der Waals surface area contributed by atoms with E-state index in [0.717, 1.165) is 11.1 Å². The van der Waals surface area contributed by atoms with E-state index in [1.54, 1.807) is 7.11 Å². The molecule has 6 heteroatoms. The summed E-state index contributed by atoms with van der Waals surface area (Å²) in [5, 5.41) is 3.65. The Morgan fingerprint density at radius 1 is 1.55 bits per heavy atom. The maximum Gasteiger partial charge on any atom is 0.188 e. The number of benzene rings is 1. The van der Waals surface area contributed by atoms with Crippen molar-refractivity contribution in [3.05, 3.63) is 47.0 Å². The molecule has 0 saturated carbocycles. The molecule has 1 unspecified atom stereocenters. The Bertz CT molecular complexity index is 465. The Labute approximate surface area is 142 Å². The van der Waals surface area contributed by atoms with Gasteiger partial charge in [-0.05, 0) is 24.6 Å². The Kier molecular flexibility index (Phi) is 9.62. The molecule has 0 fully saturated rings. The van der Waals surface area contributed by atoms with E-state index >= 15 is 0 Å². The van der Waals surface area contributed by atoms with Crippen molar-refractivity contribution in [1.82, 2.24) is 5.32 Å². The lowest BCUT2D eigenvalue weighted by Gasteiger charge is -2.14. The van der Waals surface area contributed by atoms with Crippen LogP contribution in [-0.4, -0.2) is 26.2 Å². The highest BCUT2D eigenvalue weighted by molar-refractivity contribution is 14.0. The summed E-state index contributed by atoms with van der Waals surface area (Å²) in [6.07, 6.45) is -0.163. The van der Waals surface area contributed by atoms with Gasteiger partial charge in [0.15, 0.2) is 5.96 Å². The standard InChI is InChI=1S/C14H20ClN3O.HI/c1-10(2)8-17-14(16)18-9-13(19-3)11-5-4-6-12(15)7-11;/h4-7,13H,1,8-9H2,2-3H3,(H3,16,17,18);1H. The molecular weight excluding hydrogens is 389 g/mol. The van der Waals surface area contributed by atoms with Crippen LogP contribution in [0.15, 0.2) is 41.4 Å². The smallest absolute Gasteiger partial charge is 0.188 e. The van der Waals surface area contributed by atoms with Crippen LogP contribution in [0, 0.1) is 0 Å². The average molecular weight is 410 g/mol. The number of guanidine groups is 1. The number of aliphatic imine (C=N–C) groups is 1. The van der Waals surface area contributed by atoms with Crippen molar-refractivity contribution in [2.45, 2.75) is 13.0 Å². The van der Waals surface area contributed by atoms with E-state index in [1.807, 2.05) is 31.2 Å². The maximum atomic E-state index is 5.96. The van der Waals surface area contributed by atoms with Gasteiger partial charge >= 0.3 is 0 Å². The second-order valence-electron chi connectivity index (χ2n) is 4.32. The first-order valence-corrected chi connectivity index (χ1v) is 6.37. The highest BCUT2D eigenvalue weighted by Gasteiger charge is 2.10. The van der Waals surface area contributed by atoms with Crippen LogP contribution in [0.3, 0.4) is 0 Å². The van der Waals surface area contributed by atoms with Crippen LogP contribution >= 0.6 is 35.6 Å². The Morgan fingerprint density at radius 2 is 2.25 bits per heavy atom. The van der Waals surface area contributed by atoms with Crippen molar-refractivity contribution in [1.29, 1.82) is 0 Å². The molecule has 1 aromatic rings. The van der Waals surface area contributed by atoms with Crippen LogP contribution in [0.1, 0.15) is 18.6 Å². The summed E-state index contributed by atoms with van der Waals surface area (Å²) in [6, 6.07) is 7.52. The molecule has 0 aromatic heterocycles. The number of rotatable bonds is 6. The third kappa shape index (κ3) is 7.12. The van der Waals surface area contributed by atoms with E-state index < -0.39 is 0 Å². The van der Waals surface area contributed by atoms with Gasteiger partial charge in [0.05, 0.1) is 6.54 Å². The van der Waals surface area contributed by atoms with Crippen molar-refractivity contribution >= 4 is 41.5 Å². The van der Waals surface area contributed by atoms with E-state index in [4.69, 9.17) is 22.1 Å². The zero-order chi connectivity index (χ0) is 14.3. The summed E-state index contributed by atoms with van der Waals surface area (Å²) in [4.78, 5) is 4.25. The number of nitrogens with one attached hydrogen (secondary N) is 1. The van der Waals surface area contributed by atoms with Gasteiger partial charge in [-0.1, -0.05) is 35.9 Å². The molecule has 1 atom stereocenters. The van der Waals surface area contributed by atoms with Crippen molar-refractivity contribution in [3.63, 3.8) is 0 Å². The largest absolute Gasteiger partial charge is 0.375 e. The van der Waals surface area contributed by atoms with E-state index in [-0.39, 0.29) is 30.1 Å². The lowest BCUT2D eigenvalue weighted by molar-refractivity contribution is 0.111. The molecule has 0 bridgehead atoms. The van der Waals surface area contributed by atoms with Crippen LogP contribution in [0.4, 0.5) is 0 Å². The minimum absolute atomic E-state index is 0. The molecule has 0 heterocycles. The molecule has 0 spiro atoms. The first-order chi connectivity index (χ1) is 9.02. The fourth-order valence-electron chi connectivity index (χ4n) is 1.50. The highest BCUT2D eigenvalue weighted by atomic mass is 127. The Morgan fingerprint density at radius 3 is 2.80 bits per heavy atom. The second kappa shape index (κ2) is 10.0. The predicted molar refractivity (Wildman–Crippen MR) is 95.9 cm³/mol. The first-order valence-electron chi connectivity index (χ1n) is 5.99. The molecule has 0 aliphatic rings. The molecule has 3 N–H and O–H groups in total. The molecule has 4 nitrogen and oxygen atoms in total. The van der Waals surface area contributed by atoms with Gasteiger partial charge in [0.2, 0.25) is 0 Å². The van der Waals surface area contributed by atoms with Crippen LogP contribution < -0.4 is 11.1 Å². The summed E-state index contributed by atoms with van der Waals surface area (Å²) in [5.41, 5.74) is 7.72. The van der Waals surface area contributed by atoms with Crippen LogP contribution in [0.5, 0.6) is 0 Å². The SMILES string of the molecule is C=C(C)CNC(N)=NCC(OC)c1cccc(Cl)c1.I. The van der Waals surface area contributed by atoms with E-state index in [2.05, 4.69) is 16.9 Å². The summed E-state index contributed by atoms with van der Waals surface area (Å²) in [5.74, 6) is 0.382. The summed E-state index contributed by atoms with van der Waals surface area (Å²) in [7, 11) is 1.64. The van der Waals surface area contributed by atoms with Crippen molar-refractivity contribution < 1.29 is 4.74 Å². The first kappa shape index (κ1) is 19.2. The van der Waals surface area contributed by atoms with Gasteiger partial charge < -0.3 is 15.8 Å². The van der Waals surface area contributed by atoms with Crippen molar-refractivity contribution in [2.24, 2.45) is 10.7 Å². The van der Waals surface area contributed by atoms with Crippen LogP contribution in [-0.2, 0) is 4.74 Å². The number of hydrogen-bond acceptors (Lipinski definition) is 2. The highest BCUT2D eigenvalue weighted by Crippen LogP contribution is 2.20. The molecule has 0 amide bonds. The van der Waals surface area contributed by atoms with E-state index in [9.17, 15) is 0 Å². The maximum absolute atomic E-state index is 5.96. The second-order valence-corrected chi connectivity index (χ2v) is 4.75. The van der Waals surface area contributed by atoms with Gasteiger partial charge in [0, 0.05) is 18.7 Å². The van der Waals surface area contributed by atoms with Gasteiger partial charge in [0.25, 0.3) is 0 Å². The third-order valence-corrected chi connectivity index (χ3v) is 2.74. The molecule has 0 radical (unpaired) electrons. The number of halogens is 2. The number of hydrogen-bond donors (Lipinski definition) is 2. The minimum Gasteiger partial charge on any atom is -0.375 e. The predicted octanol–water partition coefficient (Wildman–Crippen LogP) is 3.13. The number of methoxy groups -OCH3 is 1. The Balaban J connectivity index is 0.00000361. The normalized spacial score (nSPS) is 12.4. The molecule has 20 heavy (non-hydrogen) atoms. The molecule has 0 saturated heterocycles. The zero-order valence-electron chi connectivity index (χ0n) is 11.7. The van der Waals surface area contributed by atoms with Crippen molar-refractivity contribution in [2.75, 3.05) is 20.2 Å². The lowest BCUT2D eigenvalue weighted by atomic mass is 10.1. The minimum atomic E-state index is -0.163. The van der Waals surface area contributed by atoms with Gasteiger partial charge in [-0.2, -0.15) is 0 Å². The molecule has 1 aromatic carbocycles. The zero-order valence-corrected chi connectivity index (χ0v) is 14.8. The molecular formula is C14H21ClIN3O. The molecule has 0 aliphatic heterocycles.